The van der Waals surface area contributed by atoms with Crippen molar-refractivity contribution in [3.63, 3.8) is 0 Å². The molecule has 0 saturated heterocycles. The van der Waals surface area contributed by atoms with E-state index in [4.69, 9.17) is 37.1 Å². The zero-order chi connectivity index (χ0) is 18.0. The predicted molar refractivity (Wildman–Crippen MR) is 97.7 cm³/mol. The Morgan fingerprint density at radius 3 is 2.68 bits per heavy atom. The summed E-state index contributed by atoms with van der Waals surface area (Å²) in [5.41, 5.74) is 1.99. The quantitative estimate of drug-likeness (QED) is 0.526. The molecule has 1 aromatic heterocycles. The van der Waals surface area contributed by atoms with Crippen LogP contribution in [0, 0.1) is 6.92 Å². The van der Waals surface area contributed by atoms with E-state index >= 15 is 0 Å². The first kappa shape index (κ1) is 17.6. The molecule has 130 valence electrons. The molecule has 0 aliphatic rings. The number of benzene rings is 2. The highest BCUT2D eigenvalue weighted by atomic mass is 35.5. The normalized spacial score (nSPS) is 10.9. The molecule has 0 fully saturated rings. The number of halogens is 2. The van der Waals surface area contributed by atoms with Gasteiger partial charge in [0.15, 0.2) is 0 Å². The molecular weight excluding hydrogens is 363 g/mol. The summed E-state index contributed by atoms with van der Waals surface area (Å²) in [6.45, 7) is 4.33. The van der Waals surface area contributed by atoms with Crippen molar-refractivity contribution in [1.82, 2.24) is 0 Å². The summed E-state index contributed by atoms with van der Waals surface area (Å²) in [4.78, 5) is 12.4. The van der Waals surface area contributed by atoms with Gasteiger partial charge in [0.25, 0.3) is 0 Å². The number of furan rings is 1. The Bertz CT molecular complexity index is 931. The van der Waals surface area contributed by atoms with Gasteiger partial charge >= 0.3 is 5.97 Å². The topological polar surface area (TPSA) is 48.7 Å². The summed E-state index contributed by atoms with van der Waals surface area (Å²) < 4.78 is 16.5. The van der Waals surface area contributed by atoms with Gasteiger partial charge in [0.1, 0.15) is 17.9 Å². The zero-order valence-electron chi connectivity index (χ0n) is 13.8. The van der Waals surface area contributed by atoms with Crippen molar-refractivity contribution < 1.29 is 18.7 Å². The minimum Gasteiger partial charge on any atom is -0.494 e. The summed E-state index contributed by atoms with van der Waals surface area (Å²) in [6.07, 6.45) is 0. The van der Waals surface area contributed by atoms with Crippen LogP contribution in [0.4, 0.5) is 0 Å². The first-order valence-corrected chi connectivity index (χ1v) is 8.52. The molecule has 0 spiro atoms. The SMILES string of the molecule is CCOc1ccc2oc(C(=O)OCc3ccc(Cl)cc3Cl)c(C)c2c1. The van der Waals surface area contributed by atoms with Crippen LogP contribution in [0.1, 0.15) is 28.6 Å². The van der Waals surface area contributed by atoms with Crippen molar-refractivity contribution in [2.45, 2.75) is 20.5 Å². The highest BCUT2D eigenvalue weighted by Gasteiger charge is 2.20. The molecule has 0 amide bonds. The Balaban J connectivity index is 1.80. The van der Waals surface area contributed by atoms with Gasteiger partial charge < -0.3 is 13.9 Å². The van der Waals surface area contributed by atoms with Crippen LogP contribution < -0.4 is 4.74 Å². The number of esters is 1. The molecule has 0 aliphatic carbocycles. The van der Waals surface area contributed by atoms with Crippen molar-refractivity contribution >= 4 is 40.1 Å². The van der Waals surface area contributed by atoms with E-state index in [9.17, 15) is 4.79 Å². The standard InChI is InChI=1S/C19H16Cl2O4/c1-3-23-14-6-7-17-15(9-14)11(2)18(25-17)19(22)24-10-12-4-5-13(20)8-16(12)21/h4-9H,3,10H2,1-2H3. The lowest BCUT2D eigenvalue weighted by molar-refractivity contribution is 0.0437. The van der Waals surface area contributed by atoms with Gasteiger partial charge in [0.2, 0.25) is 5.76 Å². The smallest absolute Gasteiger partial charge is 0.374 e. The van der Waals surface area contributed by atoms with Crippen molar-refractivity contribution in [2.75, 3.05) is 6.61 Å². The number of carbonyl (C=O) groups excluding carboxylic acids is 1. The van der Waals surface area contributed by atoms with Crippen LogP contribution >= 0.6 is 23.2 Å². The third-order valence-electron chi connectivity index (χ3n) is 3.78. The highest BCUT2D eigenvalue weighted by molar-refractivity contribution is 6.35. The predicted octanol–water partition coefficient (Wildman–Crippen LogP) is 5.80. The zero-order valence-corrected chi connectivity index (χ0v) is 15.3. The van der Waals surface area contributed by atoms with E-state index in [1.165, 1.54) is 0 Å². The minimum absolute atomic E-state index is 0.0372. The Kier molecular flexibility index (Phi) is 5.21. The summed E-state index contributed by atoms with van der Waals surface area (Å²) in [6, 6.07) is 10.5. The molecule has 0 radical (unpaired) electrons. The van der Waals surface area contributed by atoms with Crippen molar-refractivity contribution in [3.05, 3.63) is 63.3 Å². The van der Waals surface area contributed by atoms with Crippen molar-refractivity contribution in [2.24, 2.45) is 0 Å². The van der Waals surface area contributed by atoms with Gasteiger partial charge in [-0.1, -0.05) is 29.3 Å². The maximum Gasteiger partial charge on any atom is 0.374 e. The first-order valence-electron chi connectivity index (χ1n) is 7.76. The number of ether oxygens (including phenoxy) is 2. The molecule has 25 heavy (non-hydrogen) atoms. The van der Waals surface area contributed by atoms with Crippen LogP contribution in [0.25, 0.3) is 11.0 Å². The maximum absolute atomic E-state index is 12.4. The molecule has 2 aromatic carbocycles. The lowest BCUT2D eigenvalue weighted by atomic mass is 10.1. The second-order valence-corrected chi connectivity index (χ2v) is 6.30. The van der Waals surface area contributed by atoms with Crippen LogP contribution in [0.5, 0.6) is 5.75 Å². The molecule has 0 saturated carbocycles. The second-order valence-electron chi connectivity index (χ2n) is 5.46. The summed E-state index contributed by atoms with van der Waals surface area (Å²) in [7, 11) is 0. The molecule has 3 aromatic rings. The van der Waals surface area contributed by atoms with E-state index in [2.05, 4.69) is 0 Å². The van der Waals surface area contributed by atoms with Crippen molar-refractivity contribution in [3.8, 4) is 5.75 Å². The number of rotatable bonds is 5. The van der Waals surface area contributed by atoms with E-state index in [1.54, 1.807) is 30.3 Å². The number of carbonyl (C=O) groups is 1. The van der Waals surface area contributed by atoms with E-state index < -0.39 is 5.97 Å². The fraction of sp³-hybridized carbons (Fsp3) is 0.211. The Labute approximate surface area is 155 Å². The fourth-order valence-electron chi connectivity index (χ4n) is 2.50. The molecule has 6 heteroatoms. The van der Waals surface area contributed by atoms with E-state index in [-0.39, 0.29) is 12.4 Å². The van der Waals surface area contributed by atoms with Gasteiger partial charge in [0.05, 0.1) is 6.61 Å². The second kappa shape index (κ2) is 7.38. The maximum atomic E-state index is 12.4. The first-order chi connectivity index (χ1) is 12.0. The van der Waals surface area contributed by atoms with Gasteiger partial charge in [-0.2, -0.15) is 0 Å². The minimum atomic E-state index is -0.544. The highest BCUT2D eigenvalue weighted by Crippen LogP contribution is 2.30. The number of aryl methyl sites for hydroxylation is 1. The van der Waals surface area contributed by atoms with Crippen LogP contribution in [-0.2, 0) is 11.3 Å². The molecule has 1 heterocycles. The van der Waals surface area contributed by atoms with E-state index in [0.29, 0.717) is 33.4 Å². The molecular formula is C19H16Cl2O4. The molecule has 0 aliphatic heterocycles. The van der Waals surface area contributed by atoms with Crippen molar-refractivity contribution in [1.29, 1.82) is 0 Å². The van der Waals surface area contributed by atoms with Gasteiger partial charge in [-0.15, -0.1) is 0 Å². The Hall–Kier alpha value is -2.17. The molecule has 0 unspecified atom stereocenters. The third-order valence-corrected chi connectivity index (χ3v) is 4.36. The van der Waals surface area contributed by atoms with Crippen LogP contribution in [0.15, 0.2) is 40.8 Å². The van der Waals surface area contributed by atoms with Crippen LogP contribution in [-0.4, -0.2) is 12.6 Å². The molecule has 4 nitrogen and oxygen atoms in total. The fourth-order valence-corrected chi connectivity index (χ4v) is 2.96. The number of fused-ring (bicyclic) bond motifs is 1. The lowest BCUT2D eigenvalue weighted by Gasteiger charge is -2.06. The average molecular weight is 379 g/mol. The van der Waals surface area contributed by atoms with E-state index in [0.717, 1.165) is 11.1 Å². The summed E-state index contributed by atoms with van der Waals surface area (Å²) in [5.74, 6) is 0.359. The lowest BCUT2D eigenvalue weighted by Crippen LogP contribution is -2.05. The molecule has 0 N–H and O–H groups in total. The number of hydrogen-bond acceptors (Lipinski definition) is 4. The van der Waals surface area contributed by atoms with Gasteiger partial charge in [-0.25, -0.2) is 4.79 Å². The van der Waals surface area contributed by atoms with Gasteiger partial charge in [0, 0.05) is 26.6 Å². The Morgan fingerprint density at radius 1 is 1.16 bits per heavy atom. The monoisotopic (exact) mass is 378 g/mol. The largest absolute Gasteiger partial charge is 0.494 e. The summed E-state index contributed by atoms with van der Waals surface area (Å²) >= 11 is 11.9. The van der Waals surface area contributed by atoms with E-state index in [1.807, 2.05) is 19.9 Å². The summed E-state index contributed by atoms with van der Waals surface area (Å²) in [5, 5.41) is 1.80. The Morgan fingerprint density at radius 2 is 1.96 bits per heavy atom. The average Bonchev–Trinajstić information content (AvgIpc) is 2.91. The molecule has 0 atom stereocenters. The number of hydrogen-bond donors (Lipinski definition) is 0. The third kappa shape index (κ3) is 3.75. The molecule has 0 bridgehead atoms. The van der Waals surface area contributed by atoms with Gasteiger partial charge in [-0.3, -0.25) is 0 Å². The van der Waals surface area contributed by atoms with Crippen LogP contribution in [0.2, 0.25) is 10.0 Å². The van der Waals surface area contributed by atoms with Crippen LogP contribution in [0.3, 0.4) is 0 Å². The molecule has 3 rings (SSSR count). The van der Waals surface area contributed by atoms with Gasteiger partial charge in [-0.05, 0) is 44.2 Å².